The number of carbonyl (C=O) groups excluding carboxylic acids is 1. The van der Waals surface area contributed by atoms with Gasteiger partial charge in [0, 0.05) is 18.9 Å². The van der Waals surface area contributed by atoms with Crippen LogP contribution in [0.3, 0.4) is 0 Å². The molecule has 0 bridgehead atoms. The number of ether oxygens (including phenoxy) is 1. The summed E-state index contributed by atoms with van der Waals surface area (Å²) in [5, 5.41) is 2.42. The smallest absolute Gasteiger partial charge is 0.293 e. The highest BCUT2D eigenvalue weighted by Crippen LogP contribution is 2.44. The predicted molar refractivity (Wildman–Crippen MR) is 154 cm³/mol. The van der Waals surface area contributed by atoms with E-state index >= 15 is 0 Å². The van der Waals surface area contributed by atoms with Crippen molar-refractivity contribution in [3.8, 4) is 0 Å². The van der Waals surface area contributed by atoms with Crippen molar-refractivity contribution in [1.29, 1.82) is 0 Å². The molecule has 1 fully saturated rings. The van der Waals surface area contributed by atoms with Crippen LogP contribution in [0.15, 0.2) is 72.8 Å². The number of rotatable bonds is 9. The molecule has 1 saturated carbocycles. The predicted octanol–water partition coefficient (Wildman–Crippen LogP) is 6.07. The second-order valence-corrected chi connectivity index (χ2v) is 21.6. The van der Waals surface area contributed by atoms with Crippen molar-refractivity contribution in [1.82, 2.24) is 0 Å². The molecule has 0 spiro atoms. The van der Waals surface area contributed by atoms with Crippen molar-refractivity contribution in [3.05, 3.63) is 72.8 Å². The molecule has 0 unspecified atom stereocenters. The van der Waals surface area contributed by atoms with E-state index in [-0.39, 0.29) is 28.2 Å². The fourth-order valence-corrected chi connectivity index (χ4v) is 10.8. The van der Waals surface area contributed by atoms with E-state index in [2.05, 4.69) is 122 Å². The molecule has 1 aliphatic carbocycles. The Morgan fingerprint density at radius 1 is 0.889 bits per heavy atom. The van der Waals surface area contributed by atoms with E-state index in [4.69, 9.17) is 13.6 Å². The molecular formula is C30H44O4Si2. The van der Waals surface area contributed by atoms with Gasteiger partial charge in [-0.3, -0.25) is 4.79 Å². The normalized spacial score (nSPS) is 21.4. The molecule has 2 aromatic carbocycles. The monoisotopic (exact) mass is 524 g/mol. The van der Waals surface area contributed by atoms with Crippen LogP contribution < -0.4 is 10.4 Å². The number of carbonyl (C=O) groups is 1. The average molecular weight is 525 g/mol. The Hall–Kier alpha value is -2.00. The van der Waals surface area contributed by atoms with Gasteiger partial charge in [0.05, 0.1) is 6.10 Å². The van der Waals surface area contributed by atoms with Crippen LogP contribution in [0.5, 0.6) is 0 Å². The van der Waals surface area contributed by atoms with Gasteiger partial charge in [0.25, 0.3) is 14.8 Å². The van der Waals surface area contributed by atoms with Crippen molar-refractivity contribution in [2.24, 2.45) is 5.92 Å². The summed E-state index contributed by atoms with van der Waals surface area (Å²) >= 11 is 0. The highest BCUT2D eigenvalue weighted by atomic mass is 28.4. The van der Waals surface area contributed by atoms with Crippen LogP contribution in [0.25, 0.3) is 0 Å². The van der Waals surface area contributed by atoms with Crippen LogP contribution in [-0.4, -0.2) is 41.9 Å². The molecule has 6 heteroatoms. The molecular weight excluding hydrogens is 480 g/mol. The fourth-order valence-electron chi connectivity index (χ4n) is 4.99. The first-order chi connectivity index (χ1) is 16.7. The van der Waals surface area contributed by atoms with Gasteiger partial charge in [0.2, 0.25) is 0 Å². The first-order valence-corrected chi connectivity index (χ1v) is 17.8. The molecule has 2 aromatic rings. The summed E-state index contributed by atoms with van der Waals surface area (Å²) in [6.45, 7) is 23.6. The maximum absolute atomic E-state index is 11.3. The maximum atomic E-state index is 11.3. The van der Waals surface area contributed by atoms with Crippen LogP contribution in [0.4, 0.5) is 0 Å². The lowest BCUT2D eigenvalue weighted by Gasteiger charge is -2.46. The van der Waals surface area contributed by atoms with E-state index in [1.54, 1.807) is 0 Å². The van der Waals surface area contributed by atoms with E-state index in [9.17, 15) is 4.79 Å². The Morgan fingerprint density at radius 2 is 1.39 bits per heavy atom. The van der Waals surface area contributed by atoms with E-state index in [0.29, 0.717) is 19.5 Å². The molecule has 36 heavy (non-hydrogen) atoms. The van der Waals surface area contributed by atoms with Crippen LogP contribution in [-0.2, 0) is 18.4 Å². The molecule has 3 atom stereocenters. The number of benzene rings is 2. The lowest BCUT2D eigenvalue weighted by molar-refractivity contribution is -0.132. The van der Waals surface area contributed by atoms with Crippen molar-refractivity contribution < 1.29 is 18.4 Å². The maximum Gasteiger partial charge on any atom is 0.293 e. The third-order valence-corrected chi connectivity index (χ3v) is 17.7. The van der Waals surface area contributed by atoms with Crippen molar-refractivity contribution in [3.63, 3.8) is 0 Å². The summed E-state index contributed by atoms with van der Waals surface area (Å²) in [5.41, 5.74) is 0.892. The number of hydrogen-bond acceptors (Lipinski definition) is 4. The summed E-state index contributed by atoms with van der Waals surface area (Å²) in [5.74, 6) is -0.0503. The SMILES string of the molecule is C=C1[C@H](OC=O)C[C@@H](O[Si](c2ccccc2)(c2ccccc2)C(C)(C)C)[C@H]1CO[Si](C)(C)C(C)(C)C. The Kier molecular flexibility index (Phi) is 8.55. The van der Waals surface area contributed by atoms with E-state index < -0.39 is 16.6 Å². The van der Waals surface area contributed by atoms with Gasteiger partial charge in [-0.15, -0.1) is 0 Å². The zero-order valence-corrected chi connectivity index (χ0v) is 25.3. The van der Waals surface area contributed by atoms with Gasteiger partial charge in [-0.05, 0) is 39.1 Å². The average Bonchev–Trinajstić information content (AvgIpc) is 3.10. The van der Waals surface area contributed by atoms with Crippen LogP contribution >= 0.6 is 0 Å². The standard InChI is InChI=1S/C30H44O4Si2/c1-23-26(21-33-35(8,9)29(2,3)4)28(20-27(23)32-22-31)34-36(30(5,6)7,24-16-12-10-13-17-24)25-18-14-11-15-19-25/h10-19,22,26-28H,1,20-21H2,2-9H3/t26-,27+,28+/m0/s1. The zero-order valence-electron chi connectivity index (χ0n) is 23.3. The summed E-state index contributed by atoms with van der Waals surface area (Å²) < 4.78 is 19.6. The summed E-state index contributed by atoms with van der Waals surface area (Å²) in [6.07, 6.45) is 0.0606. The van der Waals surface area contributed by atoms with E-state index in [0.717, 1.165) is 5.57 Å². The van der Waals surface area contributed by atoms with Gasteiger partial charge in [-0.1, -0.05) is 109 Å². The van der Waals surface area contributed by atoms with Gasteiger partial charge in [0.15, 0.2) is 8.32 Å². The fraction of sp³-hybridized carbons (Fsp3) is 0.500. The quantitative estimate of drug-likeness (QED) is 0.227. The molecule has 0 N–H and O–H groups in total. The second-order valence-electron chi connectivity index (χ2n) is 12.5. The van der Waals surface area contributed by atoms with Crippen LogP contribution in [0.2, 0.25) is 23.2 Å². The molecule has 0 saturated heterocycles. The van der Waals surface area contributed by atoms with Crippen LogP contribution in [0.1, 0.15) is 48.0 Å². The Balaban J connectivity index is 2.08. The molecule has 0 aliphatic heterocycles. The van der Waals surface area contributed by atoms with Crippen LogP contribution in [0, 0.1) is 5.92 Å². The van der Waals surface area contributed by atoms with Gasteiger partial charge < -0.3 is 13.6 Å². The Labute approximate surface area is 220 Å². The van der Waals surface area contributed by atoms with Gasteiger partial charge in [-0.25, -0.2) is 0 Å². The topological polar surface area (TPSA) is 44.8 Å². The van der Waals surface area contributed by atoms with Gasteiger partial charge in [-0.2, -0.15) is 0 Å². The minimum absolute atomic E-state index is 0.0503. The van der Waals surface area contributed by atoms with Gasteiger partial charge in [0.1, 0.15) is 6.10 Å². The highest BCUT2D eigenvalue weighted by molar-refractivity contribution is 6.99. The lowest BCUT2D eigenvalue weighted by atomic mass is 10.0. The molecule has 1 aliphatic rings. The molecule has 0 amide bonds. The first kappa shape index (κ1) is 28.6. The van der Waals surface area contributed by atoms with Gasteiger partial charge >= 0.3 is 0 Å². The molecule has 3 rings (SSSR count). The van der Waals surface area contributed by atoms with Crippen molar-refractivity contribution in [2.45, 2.75) is 83.3 Å². The first-order valence-electron chi connectivity index (χ1n) is 13.0. The molecule has 196 valence electrons. The summed E-state index contributed by atoms with van der Waals surface area (Å²) in [4.78, 5) is 11.3. The summed E-state index contributed by atoms with van der Waals surface area (Å²) in [7, 11) is -4.77. The minimum atomic E-state index is -2.78. The Morgan fingerprint density at radius 3 is 1.81 bits per heavy atom. The van der Waals surface area contributed by atoms with Crippen molar-refractivity contribution in [2.75, 3.05) is 6.61 Å². The molecule has 0 heterocycles. The molecule has 0 radical (unpaired) electrons. The highest BCUT2D eigenvalue weighted by Gasteiger charge is 2.54. The van der Waals surface area contributed by atoms with Crippen molar-refractivity contribution >= 4 is 33.5 Å². The Bertz CT molecular complexity index is 983. The third-order valence-electron chi connectivity index (χ3n) is 8.18. The second kappa shape index (κ2) is 10.8. The molecule has 0 aromatic heterocycles. The lowest BCUT2D eigenvalue weighted by Crippen LogP contribution is -2.68. The number of hydrogen-bond donors (Lipinski definition) is 0. The van der Waals surface area contributed by atoms with E-state index in [1.807, 2.05) is 0 Å². The largest absolute Gasteiger partial charge is 0.460 e. The molecule has 4 nitrogen and oxygen atoms in total. The summed E-state index contributed by atoms with van der Waals surface area (Å²) in [6, 6.07) is 21.3. The zero-order chi connectivity index (χ0) is 26.8. The minimum Gasteiger partial charge on any atom is -0.460 e. The van der Waals surface area contributed by atoms with E-state index in [1.165, 1.54) is 10.4 Å². The third kappa shape index (κ3) is 5.62.